The molecule has 96 valence electrons. The molecule has 0 radical (unpaired) electrons. The van der Waals surface area contributed by atoms with E-state index < -0.39 is 0 Å². The van der Waals surface area contributed by atoms with E-state index >= 15 is 0 Å². The standard InChI is InChI=1S/C17H12N2O/c1-11-6-7-18-9-13(11)15-8-17-14(10-19-15)12-4-2-3-5-16(12)20-17/h2-10H,1H3. The molecule has 0 saturated carbocycles. The van der Waals surface area contributed by atoms with Gasteiger partial charge in [0, 0.05) is 41.0 Å². The lowest BCUT2D eigenvalue weighted by Crippen LogP contribution is -1.87. The van der Waals surface area contributed by atoms with Crippen molar-refractivity contribution in [1.82, 2.24) is 9.97 Å². The Bertz CT molecular complexity index is 924. The molecule has 0 bridgehead atoms. The minimum absolute atomic E-state index is 0.861. The average molecular weight is 260 g/mol. The van der Waals surface area contributed by atoms with Gasteiger partial charge in [0.1, 0.15) is 11.2 Å². The van der Waals surface area contributed by atoms with Gasteiger partial charge >= 0.3 is 0 Å². The van der Waals surface area contributed by atoms with Crippen LogP contribution in [0.1, 0.15) is 5.56 Å². The summed E-state index contributed by atoms with van der Waals surface area (Å²) in [5.41, 5.74) is 4.84. The molecule has 0 fully saturated rings. The molecule has 3 aromatic heterocycles. The third-order valence-electron chi connectivity index (χ3n) is 3.58. The Morgan fingerprint density at radius 3 is 2.75 bits per heavy atom. The van der Waals surface area contributed by atoms with Crippen LogP contribution in [0.4, 0.5) is 0 Å². The summed E-state index contributed by atoms with van der Waals surface area (Å²) in [4.78, 5) is 8.73. The molecule has 0 unspecified atom stereocenters. The predicted octanol–water partition coefficient (Wildman–Crippen LogP) is 4.35. The lowest BCUT2D eigenvalue weighted by molar-refractivity contribution is 0.668. The molecule has 4 aromatic rings. The van der Waals surface area contributed by atoms with Crippen molar-refractivity contribution in [3.63, 3.8) is 0 Å². The lowest BCUT2D eigenvalue weighted by atomic mass is 10.1. The van der Waals surface area contributed by atoms with E-state index in [0.29, 0.717) is 0 Å². The zero-order valence-electron chi connectivity index (χ0n) is 11.0. The Morgan fingerprint density at radius 1 is 0.950 bits per heavy atom. The van der Waals surface area contributed by atoms with Crippen LogP contribution >= 0.6 is 0 Å². The highest BCUT2D eigenvalue weighted by atomic mass is 16.3. The van der Waals surface area contributed by atoms with Crippen LogP contribution in [-0.4, -0.2) is 9.97 Å². The molecular weight excluding hydrogens is 248 g/mol. The van der Waals surface area contributed by atoms with E-state index in [4.69, 9.17) is 4.42 Å². The fourth-order valence-corrected chi connectivity index (χ4v) is 2.50. The van der Waals surface area contributed by atoms with Crippen molar-refractivity contribution in [2.45, 2.75) is 6.92 Å². The normalized spacial score (nSPS) is 11.2. The quantitative estimate of drug-likeness (QED) is 0.510. The first-order valence-corrected chi connectivity index (χ1v) is 6.51. The van der Waals surface area contributed by atoms with E-state index in [1.54, 1.807) is 6.20 Å². The molecule has 3 heteroatoms. The molecule has 0 N–H and O–H groups in total. The van der Waals surface area contributed by atoms with Crippen molar-refractivity contribution in [2.75, 3.05) is 0 Å². The summed E-state index contributed by atoms with van der Waals surface area (Å²) in [5.74, 6) is 0. The minimum atomic E-state index is 0.861. The minimum Gasteiger partial charge on any atom is -0.456 e. The number of para-hydroxylation sites is 1. The first-order valence-electron chi connectivity index (χ1n) is 6.51. The van der Waals surface area contributed by atoms with Gasteiger partial charge in [-0.15, -0.1) is 0 Å². The number of furan rings is 1. The summed E-state index contributed by atoms with van der Waals surface area (Å²) in [5, 5.41) is 2.15. The van der Waals surface area contributed by atoms with Crippen molar-refractivity contribution in [3.8, 4) is 11.3 Å². The number of hydrogen-bond donors (Lipinski definition) is 0. The third-order valence-corrected chi connectivity index (χ3v) is 3.58. The monoisotopic (exact) mass is 260 g/mol. The summed E-state index contributed by atoms with van der Waals surface area (Å²) in [6.07, 6.45) is 5.51. The van der Waals surface area contributed by atoms with Crippen LogP contribution in [-0.2, 0) is 0 Å². The molecule has 3 heterocycles. The third kappa shape index (κ3) is 1.60. The van der Waals surface area contributed by atoms with E-state index in [1.807, 2.05) is 42.7 Å². The SMILES string of the molecule is Cc1ccncc1-c1cc2oc3ccccc3c2cn1. The number of rotatable bonds is 1. The molecule has 0 aliphatic heterocycles. The van der Waals surface area contributed by atoms with Gasteiger partial charge in [-0.2, -0.15) is 0 Å². The maximum atomic E-state index is 5.89. The second kappa shape index (κ2) is 4.17. The summed E-state index contributed by atoms with van der Waals surface area (Å²) >= 11 is 0. The van der Waals surface area contributed by atoms with E-state index in [1.165, 1.54) is 0 Å². The molecular formula is C17H12N2O. The van der Waals surface area contributed by atoms with Gasteiger partial charge in [0.2, 0.25) is 0 Å². The summed E-state index contributed by atoms with van der Waals surface area (Å²) in [6.45, 7) is 2.06. The molecule has 0 aliphatic rings. The van der Waals surface area contributed by atoms with Crippen LogP contribution in [0.25, 0.3) is 33.2 Å². The number of fused-ring (bicyclic) bond motifs is 3. The zero-order chi connectivity index (χ0) is 13.5. The van der Waals surface area contributed by atoms with Crippen molar-refractivity contribution in [1.29, 1.82) is 0 Å². The smallest absolute Gasteiger partial charge is 0.139 e. The number of aryl methyl sites for hydroxylation is 1. The van der Waals surface area contributed by atoms with E-state index in [0.717, 1.165) is 38.8 Å². The Kier molecular flexibility index (Phi) is 2.33. The molecule has 0 aliphatic carbocycles. The van der Waals surface area contributed by atoms with Crippen LogP contribution in [0, 0.1) is 6.92 Å². The van der Waals surface area contributed by atoms with Crippen LogP contribution < -0.4 is 0 Å². The molecule has 3 nitrogen and oxygen atoms in total. The molecule has 0 spiro atoms. The number of aromatic nitrogens is 2. The summed E-state index contributed by atoms with van der Waals surface area (Å²) in [6, 6.07) is 12.0. The Morgan fingerprint density at radius 2 is 1.85 bits per heavy atom. The number of nitrogens with zero attached hydrogens (tertiary/aromatic N) is 2. The highest BCUT2D eigenvalue weighted by molar-refractivity contribution is 6.05. The van der Waals surface area contributed by atoms with Crippen LogP contribution in [0.3, 0.4) is 0 Å². The second-order valence-electron chi connectivity index (χ2n) is 4.85. The first kappa shape index (κ1) is 11.2. The van der Waals surface area contributed by atoms with Crippen molar-refractivity contribution < 1.29 is 4.42 Å². The number of hydrogen-bond acceptors (Lipinski definition) is 3. The molecule has 0 saturated heterocycles. The number of benzene rings is 1. The first-order chi connectivity index (χ1) is 9.83. The van der Waals surface area contributed by atoms with Crippen LogP contribution in [0.15, 0.2) is 59.4 Å². The fourth-order valence-electron chi connectivity index (χ4n) is 2.50. The Balaban J connectivity index is 2.00. The van der Waals surface area contributed by atoms with Crippen LogP contribution in [0.5, 0.6) is 0 Å². The molecule has 1 aromatic carbocycles. The highest BCUT2D eigenvalue weighted by Gasteiger charge is 2.10. The van der Waals surface area contributed by atoms with Gasteiger partial charge < -0.3 is 4.42 Å². The topological polar surface area (TPSA) is 38.9 Å². The fraction of sp³-hybridized carbons (Fsp3) is 0.0588. The van der Waals surface area contributed by atoms with Crippen molar-refractivity contribution in [3.05, 3.63) is 60.6 Å². The second-order valence-corrected chi connectivity index (χ2v) is 4.85. The summed E-state index contributed by atoms with van der Waals surface area (Å²) < 4.78 is 5.89. The van der Waals surface area contributed by atoms with Gasteiger partial charge in [-0.05, 0) is 24.6 Å². The van der Waals surface area contributed by atoms with Gasteiger partial charge in [-0.25, -0.2) is 0 Å². The highest BCUT2D eigenvalue weighted by Crippen LogP contribution is 2.30. The molecule has 20 heavy (non-hydrogen) atoms. The van der Waals surface area contributed by atoms with Gasteiger partial charge in [0.15, 0.2) is 0 Å². The van der Waals surface area contributed by atoms with Gasteiger partial charge in [0.25, 0.3) is 0 Å². The van der Waals surface area contributed by atoms with Gasteiger partial charge in [0.05, 0.1) is 5.69 Å². The summed E-state index contributed by atoms with van der Waals surface area (Å²) in [7, 11) is 0. The van der Waals surface area contributed by atoms with E-state index in [9.17, 15) is 0 Å². The van der Waals surface area contributed by atoms with Crippen molar-refractivity contribution in [2.24, 2.45) is 0 Å². The maximum Gasteiger partial charge on any atom is 0.139 e. The number of pyridine rings is 2. The van der Waals surface area contributed by atoms with Gasteiger partial charge in [-0.1, -0.05) is 18.2 Å². The largest absolute Gasteiger partial charge is 0.456 e. The Hall–Kier alpha value is -2.68. The maximum absolute atomic E-state index is 5.89. The van der Waals surface area contributed by atoms with E-state index in [2.05, 4.69) is 23.0 Å². The van der Waals surface area contributed by atoms with Gasteiger partial charge in [-0.3, -0.25) is 9.97 Å². The predicted molar refractivity (Wildman–Crippen MR) is 79.5 cm³/mol. The molecule has 4 rings (SSSR count). The zero-order valence-corrected chi connectivity index (χ0v) is 11.0. The lowest BCUT2D eigenvalue weighted by Gasteiger charge is -2.03. The molecule has 0 atom stereocenters. The average Bonchev–Trinajstić information content (AvgIpc) is 2.85. The van der Waals surface area contributed by atoms with Crippen molar-refractivity contribution >= 4 is 21.9 Å². The Labute approximate surface area is 115 Å². The van der Waals surface area contributed by atoms with Crippen LogP contribution in [0.2, 0.25) is 0 Å². The van der Waals surface area contributed by atoms with E-state index in [-0.39, 0.29) is 0 Å². The molecule has 0 amide bonds.